The van der Waals surface area contributed by atoms with Crippen molar-refractivity contribution < 1.29 is 9.53 Å². The SMILES string of the molecule is COc1cc(Cl)ccc1C(Br)C(=O)c1c[nH]c2ccc(C)cc12. The van der Waals surface area contributed by atoms with Crippen molar-refractivity contribution in [1.82, 2.24) is 4.98 Å². The number of nitrogens with one attached hydrogen (secondary N) is 1. The van der Waals surface area contributed by atoms with Gasteiger partial charge in [0.15, 0.2) is 5.78 Å². The zero-order valence-electron chi connectivity index (χ0n) is 12.7. The van der Waals surface area contributed by atoms with Gasteiger partial charge >= 0.3 is 0 Å². The molecule has 2 aromatic carbocycles. The van der Waals surface area contributed by atoms with E-state index in [-0.39, 0.29) is 5.78 Å². The van der Waals surface area contributed by atoms with Crippen molar-refractivity contribution in [3.05, 3.63) is 64.3 Å². The molecule has 0 saturated carbocycles. The third kappa shape index (κ3) is 3.01. The molecule has 0 aliphatic heterocycles. The van der Waals surface area contributed by atoms with Crippen LogP contribution in [-0.4, -0.2) is 17.9 Å². The van der Waals surface area contributed by atoms with Crippen molar-refractivity contribution in [1.29, 1.82) is 0 Å². The molecule has 0 saturated heterocycles. The average molecular weight is 393 g/mol. The van der Waals surface area contributed by atoms with Gasteiger partial charge in [-0.15, -0.1) is 0 Å². The third-order valence-electron chi connectivity index (χ3n) is 3.80. The highest BCUT2D eigenvalue weighted by atomic mass is 79.9. The number of halogens is 2. The number of ether oxygens (including phenoxy) is 1. The molecule has 1 heterocycles. The summed E-state index contributed by atoms with van der Waals surface area (Å²) in [5.74, 6) is 0.561. The van der Waals surface area contributed by atoms with Crippen LogP contribution in [0.4, 0.5) is 0 Å². The Kier molecular flexibility index (Phi) is 4.46. The molecule has 118 valence electrons. The van der Waals surface area contributed by atoms with Crippen molar-refractivity contribution in [3.8, 4) is 5.75 Å². The fraction of sp³-hybridized carbons (Fsp3) is 0.167. The van der Waals surface area contributed by atoms with E-state index in [1.165, 1.54) is 0 Å². The van der Waals surface area contributed by atoms with Crippen LogP contribution in [-0.2, 0) is 0 Å². The second-order valence-corrected chi connectivity index (χ2v) is 6.72. The number of aryl methyl sites for hydroxylation is 1. The Bertz CT molecular complexity index is 888. The highest BCUT2D eigenvalue weighted by Gasteiger charge is 2.24. The minimum Gasteiger partial charge on any atom is -0.496 e. The van der Waals surface area contributed by atoms with Gasteiger partial charge < -0.3 is 9.72 Å². The van der Waals surface area contributed by atoms with Crippen LogP contribution in [0.25, 0.3) is 10.9 Å². The van der Waals surface area contributed by atoms with Crippen molar-refractivity contribution in [2.75, 3.05) is 7.11 Å². The molecule has 5 heteroatoms. The van der Waals surface area contributed by atoms with Gasteiger partial charge in [0.25, 0.3) is 0 Å². The fourth-order valence-corrected chi connectivity index (χ4v) is 3.40. The summed E-state index contributed by atoms with van der Waals surface area (Å²) in [5, 5.41) is 1.49. The molecular weight excluding hydrogens is 378 g/mol. The maximum absolute atomic E-state index is 12.9. The lowest BCUT2D eigenvalue weighted by atomic mass is 10.0. The molecule has 0 aliphatic rings. The van der Waals surface area contributed by atoms with E-state index in [0.717, 1.165) is 22.0 Å². The van der Waals surface area contributed by atoms with E-state index in [0.29, 0.717) is 16.3 Å². The zero-order chi connectivity index (χ0) is 16.6. The summed E-state index contributed by atoms with van der Waals surface area (Å²) in [6.45, 7) is 2.01. The summed E-state index contributed by atoms with van der Waals surface area (Å²) in [6, 6.07) is 11.3. The molecule has 1 unspecified atom stereocenters. The van der Waals surface area contributed by atoms with E-state index in [1.54, 1.807) is 31.5 Å². The standard InChI is InChI=1S/C18H15BrClNO2/c1-10-3-6-15-13(7-10)14(9-21-15)18(22)17(19)12-5-4-11(20)8-16(12)23-2/h3-9,17,21H,1-2H3. The number of Topliss-reactive ketones (excluding diaryl/α,β-unsaturated/α-hetero) is 1. The minimum atomic E-state index is -0.505. The molecule has 0 aliphatic carbocycles. The quantitative estimate of drug-likeness (QED) is 0.473. The van der Waals surface area contributed by atoms with Gasteiger partial charge in [0, 0.05) is 33.2 Å². The van der Waals surface area contributed by atoms with E-state index >= 15 is 0 Å². The molecule has 1 atom stereocenters. The number of fused-ring (bicyclic) bond motifs is 1. The smallest absolute Gasteiger partial charge is 0.183 e. The third-order valence-corrected chi connectivity index (χ3v) is 4.95. The van der Waals surface area contributed by atoms with Crippen molar-refractivity contribution in [2.24, 2.45) is 0 Å². The molecule has 0 fully saturated rings. The van der Waals surface area contributed by atoms with Crippen molar-refractivity contribution in [3.63, 3.8) is 0 Å². The molecule has 3 aromatic rings. The second kappa shape index (κ2) is 6.38. The predicted molar refractivity (Wildman–Crippen MR) is 97.0 cm³/mol. The Morgan fingerprint density at radius 1 is 1.26 bits per heavy atom. The van der Waals surface area contributed by atoms with Crippen LogP contribution in [0.3, 0.4) is 0 Å². The number of carbonyl (C=O) groups excluding carboxylic acids is 1. The molecule has 1 N–H and O–H groups in total. The number of hydrogen-bond acceptors (Lipinski definition) is 2. The highest BCUT2D eigenvalue weighted by molar-refractivity contribution is 9.09. The highest BCUT2D eigenvalue weighted by Crippen LogP contribution is 2.36. The minimum absolute atomic E-state index is 0.0255. The number of alkyl halides is 1. The van der Waals surface area contributed by atoms with Gasteiger partial charge in [-0.05, 0) is 31.2 Å². The summed E-state index contributed by atoms with van der Waals surface area (Å²) in [7, 11) is 1.56. The van der Waals surface area contributed by atoms with Crippen LogP contribution in [0.15, 0.2) is 42.6 Å². The van der Waals surface area contributed by atoms with Crippen LogP contribution in [0.2, 0.25) is 5.02 Å². The molecule has 1 aromatic heterocycles. The number of carbonyl (C=O) groups is 1. The van der Waals surface area contributed by atoms with Crippen molar-refractivity contribution in [2.45, 2.75) is 11.8 Å². The van der Waals surface area contributed by atoms with E-state index in [9.17, 15) is 4.79 Å². The van der Waals surface area contributed by atoms with Gasteiger partial charge in [0.05, 0.1) is 7.11 Å². The number of benzene rings is 2. The van der Waals surface area contributed by atoms with E-state index in [4.69, 9.17) is 16.3 Å². The van der Waals surface area contributed by atoms with Gasteiger partial charge in [-0.25, -0.2) is 0 Å². The molecule has 3 rings (SSSR count). The first-order valence-corrected chi connectivity index (χ1v) is 8.40. The molecule has 23 heavy (non-hydrogen) atoms. The van der Waals surface area contributed by atoms with E-state index in [1.807, 2.05) is 25.1 Å². The summed E-state index contributed by atoms with van der Waals surface area (Å²) < 4.78 is 5.35. The Morgan fingerprint density at radius 2 is 2.04 bits per heavy atom. The number of rotatable bonds is 4. The number of hydrogen-bond donors (Lipinski definition) is 1. The average Bonchev–Trinajstić information content (AvgIpc) is 2.96. The Hall–Kier alpha value is -1.78. The lowest BCUT2D eigenvalue weighted by molar-refractivity contribution is 0.0992. The Labute approximate surface area is 147 Å². The summed E-state index contributed by atoms with van der Waals surface area (Å²) in [6.07, 6.45) is 1.75. The maximum Gasteiger partial charge on any atom is 0.183 e. The molecule has 3 nitrogen and oxygen atoms in total. The molecule has 0 spiro atoms. The second-order valence-electron chi connectivity index (χ2n) is 5.36. The van der Waals surface area contributed by atoms with E-state index < -0.39 is 4.83 Å². The first-order chi connectivity index (χ1) is 11.0. The zero-order valence-corrected chi connectivity index (χ0v) is 15.0. The number of aromatic amines is 1. The Morgan fingerprint density at radius 3 is 2.78 bits per heavy atom. The molecule has 0 amide bonds. The van der Waals surface area contributed by atoms with Crippen LogP contribution in [0, 0.1) is 6.92 Å². The maximum atomic E-state index is 12.9. The lowest BCUT2D eigenvalue weighted by Gasteiger charge is -2.13. The van der Waals surface area contributed by atoms with Gasteiger partial charge in [0.1, 0.15) is 10.6 Å². The topological polar surface area (TPSA) is 42.1 Å². The molecule has 0 bridgehead atoms. The Balaban J connectivity index is 2.03. The summed E-state index contributed by atoms with van der Waals surface area (Å²) in [4.78, 5) is 15.6. The van der Waals surface area contributed by atoms with Gasteiger partial charge in [-0.1, -0.05) is 45.2 Å². The lowest BCUT2D eigenvalue weighted by Crippen LogP contribution is -2.08. The van der Waals surface area contributed by atoms with Crippen molar-refractivity contribution >= 4 is 44.2 Å². The summed E-state index contributed by atoms with van der Waals surface area (Å²) >= 11 is 9.50. The van der Waals surface area contributed by atoms with E-state index in [2.05, 4.69) is 20.9 Å². The number of aromatic nitrogens is 1. The largest absolute Gasteiger partial charge is 0.496 e. The molecule has 0 radical (unpaired) electrons. The van der Waals surface area contributed by atoms with Gasteiger partial charge in [-0.2, -0.15) is 0 Å². The summed E-state index contributed by atoms with van der Waals surface area (Å²) in [5.41, 5.74) is 3.47. The van der Waals surface area contributed by atoms with Gasteiger partial charge in [0.2, 0.25) is 0 Å². The van der Waals surface area contributed by atoms with Gasteiger partial charge in [-0.3, -0.25) is 4.79 Å². The fourth-order valence-electron chi connectivity index (χ4n) is 2.61. The van der Waals surface area contributed by atoms with Crippen LogP contribution in [0.5, 0.6) is 5.75 Å². The van der Waals surface area contributed by atoms with Crippen LogP contribution >= 0.6 is 27.5 Å². The normalized spacial score (nSPS) is 12.3. The monoisotopic (exact) mass is 391 g/mol. The number of methoxy groups -OCH3 is 1. The number of ketones is 1. The first-order valence-electron chi connectivity index (χ1n) is 7.10. The number of H-pyrrole nitrogens is 1. The van der Waals surface area contributed by atoms with Crippen LogP contribution < -0.4 is 4.74 Å². The first kappa shape index (κ1) is 16.1. The van der Waals surface area contributed by atoms with Crippen LogP contribution in [0.1, 0.15) is 26.3 Å². The predicted octanol–water partition coefficient (Wildman–Crippen LogP) is 5.46. The molecular formula is C18H15BrClNO2.